The molecule has 2 N–H and O–H groups in total. The van der Waals surface area contributed by atoms with E-state index in [1.807, 2.05) is 0 Å². The average Bonchev–Trinajstić information content (AvgIpc) is 2.62. The van der Waals surface area contributed by atoms with E-state index in [1.165, 1.54) is 18.5 Å². The molecule has 0 atom stereocenters. The SMILES string of the molecule is COc1ccc(OC)c(Nc2cc(Nc3cccc(F)c3)ncn2)c1. The Balaban J connectivity index is 1.82. The van der Waals surface area contributed by atoms with Gasteiger partial charge in [-0.3, -0.25) is 0 Å². The Bertz CT molecular complexity index is 873. The summed E-state index contributed by atoms with van der Waals surface area (Å²) in [5, 5.41) is 6.20. The molecule has 1 aromatic heterocycles. The first-order valence-corrected chi connectivity index (χ1v) is 7.51. The zero-order chi connectivity index (χ0) is 17.6. The summed E-state index contributed by atoms with van der Waals surface area (Å²) in [4.78, 5) is 8.33. The smallest absolute Gasteiger partial charge is 0.142 e. The third-order valence-electron chi connectivity index (χ3n) is 3.43. The van der Waals surface area contributed by atoms with Gasteiger partial charge in [0.1, 0.15) is 35.3 Å². The van der Waals surface area contributed by atoms with Crippen LogP contribution in [0.1, 0.15) is 0 Å². The summed E-state index contributed by atoms with van der Waals surface area (Å²) in [5.41, 5.74) is 1.31. The first kappa shape index (κ1) is 16.5. The van der Waals surface area contributed by atoms with E-state index in [-0.39, 0.29) is 5.82 Å². The molecule has 0 saturated carbocycles. The van der Waals surface area contributed by atoms with Crippen molar-refractivity contribution in [3.05, 3.63) is 60.7 Å². The number of benzene rings is 2. The van der Waals surface area contributed by atoms with E-state index < -0.39 is 0 Å². The maximum atomic E-state index is 13.3. The zero-order valence-corrected chi connectivity index (χ0v) is 13.8. The van der Waals surface area contributed by atoms with Crippen molar-refractivity contribution in [2.45, 2.75) is 0 Å². The van der Waals surface area contributed by atoms with Gasteiger partial charge in [0.15, 0.2) is 0 Å². The van der Waals surface area contributed by atoms with Gasteiger partial charge in [-0.2, -0.15) is 0 Å². The van der Waals surface area contributed by atoms with E-state index in [1.54, 1.807) is 50.6 Å². The van der Waals surface area contributed by atoms with Crippen LogP contribution >= 0.6 is 0 Å². The highest BCUT2D eigenvalue weighted by molar-refractivity contribution is 5.68. The lowest BCUT2D eigenvalue weighted by atomic mass is 10.2. The van der Waals surface area contributed by atoms with E-state index in [2.05, 4.69) is 20.6 Å². The van der Waals surface area contributed by atoms with E-state index in [0.717, 1.165) is 0 Å². The third-order valence-corrected chi connectivity index (χ3v) is 3.43. The Morgan fingerprint density at radius 2 is 1.68 bits per heavy atom. The Hall–Kier alpha value is -3.35. The highest BCUT2D eigenvalue weighted by Gasteiger charge is 2.07. The van der Waals surface area contributed by atoms with E-state index in [0.29, 0.717) is 34.5 Å². The summed E-state index contributed by atoms with van der Waals surface area (Å²) in [7, 11) is 3.18. The van der Waals surface area contributed by atoms with Gasteiger partial charge < -0.3 is 20.1 Å². The van der Waals surface area contributed by atoms with Gasteiger partial charge >= 0.3 is 0 Å². The summed E-state index contributed by atoms with van der Waals surface area (Å²) in [6, 6.07) is 13.3. The molecule has 2 aromatic carbocycles. The van der Waals surface area contributed by atoms with E-state index >= 15 is 0 Å². The number of hydrogen-bond acceptors (Lipinski definition) is 6. The second-order valence-corrected chi connectivity index (χ2v) is 5.12. The minimum Gasteiger partial charge on any atom is -0.497 e. The summed E-state index contributed by atoms with van der Waals surface area (Å²) in [6.07, 6.45) is 1.41. The molecule has 1 heterocycles. The summed E-state index contributed by atoms with van der Waals surface area (Å²) >= 11 is 0. The van der Waals surface area contributed by atoms with Crippen LogP contribution in [-0.4, -0.2) is 24.2 Å². The van der Waals surface area contributed by atoms with Crippen LogP contribution in [0.5, 0.6) is 11.5 Å². The Labute approximate surface area is 144 Å². The molecule has 0 saturated heterocycles. The Morgan fingerprint density at radius 1 is 0.880 bits per heavy atom. The molecule has 3 rings (SSSR count). The van der Waals surface area contributed by atoms with Crippen molar-refractivity contribution in [1.29, 1.82) is 0 Å². The molecule has 0 amide bonds. The van der Waals surface area contributed by atoms with Gasteiger partial charge in [-0.1, -0.05) is 6.07 Å². The lowest BCUT2D eigenvalue weighted by molar-refractivity contribution is 0.405. The van der Waals surface area contributed by atoms with Crippen molar-refractivity contribution >= 4 is 23.0 Å². The van der Waals surface area contributed by atoms with Crippen molar-refractivity contribution in [3.8, 4) is 11.5 Å². The molecule has 0 aliphatic carbocycles. The van der Waals surface area contributed by atoms with Crippen molar-refractivity contribution < 1.29 is 13.9 Å². The fourth-order valence-electron chi connectivity index (χ4n) is 2.26. The molecule has 0 aliphatic heterocycles. The van der Waals surface area contributed by atoms with Gasteiger partial charge in [0.05, 0.1) is 19.9 Å². The zero-order valence-electron chi connectivity index (χ0n) is 13.8. The highest BCUT2D eigenvalue weighted by atomic mass is 19.1. The molecule has 0 spiro atoms. The van der Waals surface area contributed by atoms with Gasteiger partial charge in [0, 0.05) is 17.8 Å². The maximum absolute atomic E-state index is 13.3. The predicted molar refractivity (Wildman–Crippen MR) is 94.5 cm³/mol. The molecule has 0 aliphatic rings. The van der Waals surface area contributed by atoms with Crippen LogP contribution in [0.4, 0.5) is 27.4 Å². The number of halogens is 1. The second-order valence-electron chi connectivity index (χ2n) is 5.12. The largest absolute Gasteiger partial charge is 0.497 e. The number of methoxy groups -OCH3 is 2. The van der Waals surface area contributed by atoms with Crippen molar-refractivity contribution in [2.75, 3.05) is 24.9 Å². The summed E-state index contributed by atoms with van der Waals surface area (Å²) in [6.45, 7) is 0. The number of nitrogens with one attached hydrogen (secondary N) is 2. The van der Waals surface area contributed by atoms with Crippen molar-refractivity contribution in [2.24, 2.45) is 0 Å². The number of aromatic nitrogens is 2. The minimum atomic E-state index is -0.321. The lowest BCUT2D eigenvalue weighted by Crippen LogP contribution is -2.00. The topological polar surface area (TPSA) is 68.3 Å². The molecule has 3 aromatic rings. The number of ether oxygens (including phenoxy) is 2. The van der Waals surface area contributed by atoms with Gasteiger partial charge in [-0.05, 0) is 30.3 Å². The van der Waals surface area contributed by atoms with Crippen LogP contribution in [0.25, 0.3) is 0 Å². The Morgan fingerprint density at radius 3 is 2.40 bits per heavy atom. The first-order valence-electron chi connectivity index (χ1n) is 7.51. The molecule has 128 valence electrons. The van der Waals surface area contributed by atoms with E-state index in [4.69, 9.17) is 9.47 Å². The van der Waals surface area contributed by atoms with Gasteiger partial charge in [-0.15, -0.1) is 0 Å². The van der Waals surface area contributed by atoms with Crippen LogP contribution in [0.2, 0.25) is 0 Å². The second kappa shape index (κ2) is 7.48. The van der Waals surface area contributed by atoms with E-state index in [9.17, 15) is 4.39 Å². The van der Waals surface area contributed by atoms with Crippen LogP contribution in [0.15, 0.2) is 54.9 Å². The lowest BCUT2D eigenvalue weighted by Gasteiger charge is -2.13. The van der Waals surface area contributed by atoms with Crippen LogP contribution < -0.4 is 20.1 Å². The van der Waals surface area contributed by atoms with Crippen LogP contribution in [0, 0.1) is 5.82 Å². The molecular formula is C18H17FN4O2. The monoisotopic (exact) mass is 340 g/mol. The first-order chi connectivity index (χ1) is 12.2. The summed E-state index contributed by atoms with van der Waals surface area (Å²) in [5.74, 6) is 2.11. The molecule has 6 nitrogen and oxygen atoms in total. The Kier molecular flexibility index (Phi) is 4.94. The normalized spacial score (nSPS) is 10.2. The molecule has 7 heteroatoms. The molecule has 0 radical (unpaired) electrons. The van der Waals surface area contributed by atoms with Gasteiger partial charge in [0.25, 0.3) is 0 Å². The van der Waals surface area contributed by atoms with Gasteiger partial charge in [0.2, 0.25) is 0 Å². The van der Waals surface area contributed by atoms with Crippen LogP contribution in [0.3, 0.4) is 0 Å². The third kappa shape index (κ3) is 4.14. The van der Waals surface area contributed by atoms with Gasteiger partial charge in [-0.25, -0.2) is 14.4 Å². The summed E-state index contributed by atoms with van der Waals surface area (Å²) < 4.78 is 23.8. The molecule has 0 fully saturated rings. The number of nitrogens with zero attached hydrogens (tertiary/aromatic N) is 2. The molecular weight excluding hydrogens is 323 g/mol. The molecule has 0 unspecified atom stereocenters. The minimum absolute atomic E-state index is 0.321. The molecule has 0 bridgehead atoms. The van der Waals surface area contributed by atoms with Crippen molar-refractivity contribution in [3.63, 3.8) is 0 Å². The number of anilines is 4. The number of rotatable bonds is 6. The highest BCUT2D eigenvalue weighted by Crippen LogP contribution is 2.31. The standard InChI is InChI=1S/C18H17FN4O2/c1-24-14-6-7-16(25-2)15(9-14)23-18-10-17(20-11-21-18)22-13-5-3-4-12(19)8-13/h3-11H,1-2H3,(H2,20,21,22,23). The quantitative estimate of drug-likeness (QED) is 0.703. The average molecular weight is 340 g/mol. The van der Waals surface area contributed by atoms with Crippen LogP contribution in [-0.2, 0) is 0 Å². The fourth-order valence-corrected chi connectivity index (χ4v) is 2.26. The maximum Gasteiger partial charge on any atom is 0.142 e. The predicted octanol–water partition coefficient (Wildman–Crippen LogP) is 4.12. The molecule has 25 heavy (non-hydrogen) atoms. The fraction of sp³-hybridized carbons (Fsp3) is 0.111. The van der Waals surface area contributed by atoms with Crippen molar-refractivity contribution in [1.82, 2.24) is 9.97 Å². The number of hydrogen-bond donors (Lipinski definition) is 2.